The van der Waals surface area contributed by atoms with E-state index in [9.17, 15) is 0 Å². The molecule has 1 aromatic heterocycles. The molecule has 2 atom stereocenters. The van der Waals surface area contributed by atoms with Gasteiger partial charge < -0.3 is 10.1 Å². The van der Waals surface area contributed by atoms with Crippen LogP contribution in [0.3, 0.4) is 0 Å². The lowest BCUT2D eigenvalue weighted by Gasteiger charge is -2.37. The molecule has 1 N–H and O–H groups in total. The molecule has 0 radical (unpaired) electrons. The maximum atomic E-state index is 5.25. The van der Waals surface area contributed by atoms with Crippen molar-refractivity contribution in [2.45, 2.75) is 12.1 Å². The van der Waals surface area contributed by atoms with Crippen LogP contribution in [0.15, 0.2) is 18.5 Å². The van der Waals surface area contributed by atoms with E-state index in [2.05, 4.69) is 28.3 Å². The van der Waals surface area contributed by atoms with Crippen LogP contribution in [0.5, 0.6) is 5.75 Å². The molecule has 1 saturated heterocycles. The first-order valence-electron chi connectivity index (χ1n) is 6.20. The van der Waals surface area contributed by atoms with Crippen molar-refractivity contribution in [3.8, 4) is 5.75 Å². The Morgan fingerprint density at radius 3 is 3.06 bits per heavy atom. The number of hydrogen-bond acceptors (Lipinski definition) is 5. The van der Waals surface area contributed by atoms with Crippen LogP contribution in [0, 0.1) is 0 Å². The zero-order chi connectivity index (χ0) is 13.0. The second kappa shape index (κ2) is 6.41. The van der Waals surface area contributed by atoms with Gasteiger partial charge in [0.2, 0.25) is 0 Å². The second-order valence-corrected chi connectivity index (χ2v) is 5.70. The van der Waals surface area contributed by atoms with Crippen molar-refractivity contribution in [2.24, 2.45) is 0 Å². The molecule has 0 aromatic carbocycles. The summed E-state index contributed by atoms with van der Waals surface area (Å²) in [6.45, 7) is 1.14. The molecule has 4 nitrogen and oxygen atoms in total. The Morgan fingerprint density at radius 2 is 2.39 bits per heavy atom. The van der Waals surface area contributed by atoms with E-state index in [1.807, 2.05) is 25.0 Å². The third-order valence-electron chi connectivity index (χ3n) is 3.47. The Bertz CT molecular complexity index is 388. The predicted octanol–water partition coefficient (Wildman–Crippen LogP) is 1.40. The Balaban J connectivity index is 2.20. The Labute approximate surface area is 113 Å². The molecule has 18 heavy (non-hydrogen) atoms. The molecule has 2 heterocycles. The van der Waals surface area contributed by atoms with Gasteiger partial charge >= 0.3 is 0 Å². The van der Waals surface area contributed by atoms with Crippen molar-refractivity contribution in [2.75, 3.05) is 39.3 Å². The molecule has 0 saturated carbocycles. The number of methoxy groups -OCH3 is 1. The smallest absolute Gasteiger partial charge is 0.137 e. The molecular weight excluding hydrogens is 246 g/mol. The van der Waals surface area contributed by atoms with Gasteiger partial charge in [-0.2, -0.15) is 11.8 Å². The molecule has 100 valence electrons. The molecule has 0 bridgehead atoms. The monoisotopic (exact) mass is 267 g/mol. The molecule has 1 aliphatic heterocycles. The van der Waals surface area contributed by atoms with Gasteiger partial charge in [0.05, 0.1) is 13.3 Å². The normalized spacial score (nSPS) is 22.7. The van der Waals surface area contributed by atoms with E-state index in [0.29, 0.717) is 12.1 Å². The molecule has 0 amide bonds. The standard InChI is InChI=1S/C13H21N3OS/c1-14-13(12-9-18-5-4-16(12)2)10-6-11(17-3)8-15-7-10/h6-8,12-14H,4-5,9H2,1-3H3. The Morgan fingerprint density at radius 1 is 1.56 bits per heavy atom. The fourth-order valence-electron chi connectivity index (χ4n) is 2.35. The van der Waals surface area contributed by atoms with Crippen LogP contribution in [0.25, 0.3) is 0 Å². The molecule has 0 spiro atoms. The van der Waals surface area contributed by atoms with E-state index < -0.39 is 0 Å². The highest BCUT2D eigenvalue weighted by Crippen LogP contribution is 2.27. The summed E-state index contributed by atoms with van der Waals surface area (Å²) in [6.07, 6.45) is 3.67. The molecule has 1 fully saturated rings. The second-order valence-electron chi connectivity index (χ2n) is 4.55. The summed E-state index contributed by atoms with van der Waals surface area (Å²) in [5.74, 6) is 3.19. The molecule has 2 rings (SSSR count). The highest BCUT2D eigenvalue weighted by Gasteiger charge is 2.28. The van der Waals surface area contributed by atoms with Gasteiger partial charge in [0.25, 0.3) is 0 Å². The summed E-state index contributed by atoms with van der Waals surface area (Å²) in [5.41, 5.74) is 1.19. The lowest BCUT2D eigenvalue weighted by molar-refractivity contribution is 0.221. The number of ether oxygens (including phenoxy) is 1. The van der Waals surface area contributed by atoms with Gasteiger partial charge in [-0.15, -0.1) is 0 Å². The van der Waals surface area contributed by atoms with Gasteiger partial charge in [-0.1, -0.05) is 0 Å². The van der Waals surface area contributed by atoms with Crippen LogP contribution in [-0.4, -0.2) is 55.2 Å². The fraction of sp³-hybridized carbons (Fsp3) is 0.615. The highest BCUT2D eigenvalue weighted by atomic mass is 32.2. The van der Waals surface area contributed by atoms with Crippen LogP contribution in [0.4, 0.5) is 0 Å². The SMILES string of the molecule is CNC(c1cncc(OC)c1)C1CSCCN1C. The van der Waals surface area contributed by atoms with E-state index in [0.717, 1.165) is 18.0 Å². The maximum Gasteiger partial charge on any atom is 0.137 e. The number of aromatic nitrogens is 1. The third-order valence-corrected chi connectivity index (χ3v) is 4.52. The summed E-state index contributed by atoms with van der Waals surface area (Å²) < 4.78 is 5.25. The Hall–Kier alpha value is -0.780. The number of thioether (sulfide) groups is 1. The topological polar surface area (TPSA) is 37.4 Å². The molecule has 5 heteroatoms. The average Bonchev–Trinajstić information content (AvgIpc) is 2.42. The predicted molar refractivity (Wildman–Crippen MR) is 76.3 cm³/mol. The van der Waals surface area contributed by atoms with Crippen LogP contribution >= 0.6 is 11.8 Å². The van der Waals surface area contributed by atoms with Gasteiger partial charge in [0, 0.05) is 36.3 Å². The minimum atomic E-state index is 0.297. The van der Waals surface area contributed by atoms with Crippen molar-refractivity contribution < 1.29 is 4.74 Å². The van der Waals surface area contributed by atoms with Gasteiger partial charge in [-0.25, -0.2) is 0 Å². The number of nitrogens with zero attached hydrogens (tertiary/aromatic N) is 2. The van der Waals surface area contributed by atoms with Gasteiger partial charge in [0.1, 0.15) is 5.75 Å². The lowest BCUT2D eigenvalue weighted by atomic mass is 10.0. The molecule has 1 aliphatic rings. The van der Waals surface area contributed by atoms with E-state index in [1.165, 1.54) is 11.3 Å². The van der Waals surface area contributed by atoms with E-state index in [4.69, 9.17) is 4.74 Å². The maximum absolute atomic E-state index is 5.25. The first-order valence-corrected chi connectivity index (χ1v) is 7.36. The zero-order valence-corrected chi connectivity index (χ0v) is 12.0. The number of rotatable bonds is 4. The molecule has 0 aliphatic carbocycles. The van der Waals surface area contributed by atoms with Gasteiger partial charge in [-0.05, 0) is 25.7 Å². The summed E-state index contributed by atoms with van der Waals surface area (Å²) in [6, 6.07) is 2.87. The Kier molecular flexibility index (Phi) is 4.86. The van der Waals surface area contributed by atoms with Crippen molar-refractivity contribution in [1.29, 1.82) is 0 Å². The first kappa shape index (κ1) is 13.6. The highest BCUT2D eigenvalue weighted by molar-refractivity contribution is 7.99. The van der Waals surface area contributed by atoms with Crippen molar-refractivity contribution in [3.63, 3.8) is 0 Å². The number of pyridine rings is 1. The lowest BCUT2D eigenvalue weighted by Crippen LogP contribution is -2.47. The van der Waals surface area contributed by atoms with E-state index in [1.54, 1.807) is 13.3 Å². The largest absolute Gasteiger partial charge is 0.495 e. The van der Waals surface area contributed by atoms with Gasteiger partial charge in [0.15, 0.2) is 0 Å². The molecule has 2 unspecified atom stereocenters. The summed E-state index contributed by atoms with van der Waals surface area (Å²) in [5, 5.41) is 3.42. The minimum absolute atomic E-state index is 0.297. The third kappa shape index (κ3) is 2.96. The number of likely N-dealkylation sites (N-methyl/N-ethyl adjacent to an activating group) is 2. The minimum Gasteiger partial charge on any atom is -0.495 e. The van der Waals surface area contributed by atoms with Crippen LogP contribution in [0.1, 0.15) is 11.6 Å². The number of nitrogens with one attached hydrogen (secondary N) is 1. The van der Waals surface area contributed by atoms with Crippen LogP contribution < -0.4 is 10.1 Å². The molecular formula is C13H21N3OS. The van der Waals surface area contributed by atoms with Crippen molar-refractivity contribution in [1.82, 2.24) is 15.2 Å². The first-order chi connectivity index (χ1) is 8.76. The average molecular weight is 267 g/mol. The van der Waals surface area contributed by atoms with Crippen molar-refractivity contribution in [3.05, 3.63) is 24.0 Å². The zero-order valence-electron chi connectivity index (χ0n) is 11.2. The van der Waals surface area contributed by atoms with Gasteiger partial charge in [-0.3, -0.25) is 9.88 Å². The van der Waals surface area contributed by atoms with Crippen LogP contribution in [-0.2, 0) is 0 Å². The van der Waals surface area contributed by atoms with E-state index in [-0.39, 0.29) is 0 Å². The van der Waals surface area contributed by atoms with Crippen LogP contribution in [0.2, 0.25) is 0 Å². The molecule has 1 aromatic rings. The van der Waals surface area contributed by atoms with Crippen molar-refractivity contribution >= 4 is 11.8 Å². The number of hydrogen-bond donors (Lipinski definition) is 1. The summed E-state index contributed by atoms with van der Waals surface area (Å²) >= 11 is 2.02. The van der Waals surface area contributed by atoms with E-state index >= 15 is 0 Å². The summed E-state index contributed by atoms with van der Waals surface area (Å²) in [4.78, 5) is 6.68. The summed E-state index contributed by atoms with van der Waals surface area (Å²) in [7, 11) is 5.89. The quantitative estimate of drug-likeness (QED) is 0.892. The fourth-order valence-corrected chi connectivity index (χ4v) is 3.63.